The Bertz CT molecular complexity index is 529. The maximum atomic E-state index is 5.54. The van der Waals surface area contributed by atoms with Crippen LogP contribution in [0.25, 0.3) is 0 Å². The third kappa shape index (κ3) is 6.20. The highest BCUT2D eigenvalue weighted by Crippen LogP contribution is 2.25. The van der Waals surface area contributed by atoms with Crippen molar-refractivity contribution < 1.29 is 4.74 Å². The topological polar surface area (TPSA) is 48.9 Å². The van der Waals surface area contributed by atoms with Gasteiger partial charge in [0.15, 0.2) is 5.96 Å². The molecule has 0 bridgehead atoms. The fourth-order valence-corrected chi connectivity index (χ4v) is 3.96. The van der Waals surface area contributed by atoms with Crippen LogP contribution in [0.15, 0.2) is 40.2 Å². The maximum Gasteiger partial charge on any atom is 0.191 e. The Morgan fingerprint density at radius 1 is 1.24 bits per heavy atom. The van der Waals surface area contributed by atoms with Gasteiger partial charge >= 0.3 is 0 Å². The molecule has 1 aliphatic rings. The van der Waals surface area contributed by atoms with E-state index >= 15 is 0 Å². The monoisotopic (exact) mass is 364 g/mol. The fraction of sp³-hybridized carbons (Fsp3) is 0.632. The summed E-state index contributed by atoms with van der Waals surface area (Å²) in [6, 6.07) is 10.5. The molecule has 1 fully saturated rings. The van der Waals surface area contributed by atoms with Crippen molar-refractivity contribution in [1.29, 1.82) is 0 Å². The lowest BCUT2D eigenvalue weighted by Crippen LogP contribution is -2.57. The van der Waals surface area contributed by atoms with Crippen LogP contribution in [-0.4, -0.2) is 69.1 Å². The summed E-state index contributed by atoms with van der Waals surface area (Å²) in [5.41, 5.74) is 0.139. The standard InChI is InChI=1S/C19H32N4OS/c1-16(25-17-8-6-5-7-9-17)14-21-18(20-2)22-15-19(23(3)4)10-12-24-13-11-19/h5-9,16H,10-15H2,1-4H3,(H2,20,21,22). The highest BCUT2D eigenvalue weighted by molar-refractivity contribution is 8.00. The summed E-state index contributed by atoms with van der Waals surface area (Å²) in [6.07, 6.45) is 2.09. The zero-order valence-electron chi connectivity index (χ0n) is 15.9. The van der Waals surface area contributed by atoms with E-state index in [2.05, 4.69) is 71.9 Å². The molecule has 1 atom stereocenters. The smallest absolute Gasteiger partial charge is 0.191 e. The Kier molecular flexibility index (Phi) is 8.06. The number of ether oxygens (including phenoxy) is 1. The van der Waals surface area contributed by atoms with Crippen molar-refractivity contribution >= 4 is 17.7 Å². The lowest BCUT2D eigenvalue weighted by molar-refractivity contribution is -0.00500. The summed E-state index contributed by atoms with van der Waals surface area (Å²) in [7, 11) is 6.14. The first-order chi connectivity index (χ1) is 12.1. The molecule has 1 aromatic carbocycles. The molecule has 0 saturated carbocycles. The second-order valence-electron chi connectivity index (χ2n) is 6.78. The summed E-state index contributed by atoms with van der Waals surface area (Å²) in [4.78, 5) is 8.00. The van der Waals surface area contributed by atoms with Crippen LogP contribution in [0.2, 0.25) is 0 Å². The summed E-state index contributed by atoms with van der Waals surface area (Å²) < 4.78 is 5.54. The number of nitrogens with zero attached hydrogens (tertiary/aromatic N) is 2. The van der Waals surface area contributed by atoms with Crippen LogP contribution in [0.3, 0.4) is 0 Å². The Morgan fingerprint density at radius 2 is 1.92 bits per heavy atom. The van der Waals surface area contributed by atoms with Gasteiger partial charge in [-0.1, -0.05) is 25.1 Å². The molecule has 25 heavy (non-hydrogen) atoms. The first-order valence-electron chi connectivity index (χ1n) is 8.97. The molecule has 5 nitrogen and oxygen atoms in total. The van der Waals surface area contributed by atoms with E-state index in [-0.39, 0.29) is 5.54 Å². The van der Waals surface area contributed by atoms with E-state index in [1.54, 1.807) is 0 Å². The van der Waals surface area contributed by atoms with Crippen molar-refractivity contribution in [2.24, 2.45) is 4.99 Å². The minimum atomic E-state index is 0.139. The molecule has 0 spiro atoms. The zero-order valence-corrected chi connectivity index (χ0v) is 16.7. The first-order valence-corrected chi connectivity index (χ1v) is 9.85. The molecule has 0 aromatic heterocycles. The van der Waals surface area contributed by atoms with E-state index in [0.717, 1.165) is 45.1 Å². The first kappa shape index (κ1) is 20.1. The van der Waals surface area contributed by atoms with Crippen LogP contribution in [0.4, 0.5) is 0 Å². The van der Waals surface area contributed by atoms with Crippen molar-refractivity contribution in [1.82, 2.24) is 15.5 Å². The van der Waals surface area contributed by atoms with Gasteiger partial charge < -0.3 is 20.3 Å². The minimum Gasteiger partial charge on any atom is -0.381 e. The number of rotatable bonds is 7. The fourth-order valence-electron chi connectivity index (χ4n) is 3.02. The van der Waals surface area contributed by atoms with Gasteiger partial charge in [-0.05, 0) is 39.1 Å². The quantitative estimate of drug-likeness (QED) is 0.442. The number of benzene rings is 1. The molecule has 2 N–H and O–H groups in total. The molecule has 1 heterocycles. The highest BCUT2D eigenvalue weighted by Gasteiger charge is 2.34. The van der Waals surface area contributed by atoms with Crippen LogP contribution < -0.4 is 10.6 Å². The molecule has 0 radical (unpaired) electrons. The third-order valence-electron chi connectivity index (χ3n) is 4.82. The van der Waals surface area contributed by atoms with Gasteiger partial charge in [0.05, 0.1) is 0 Å². The maximum absolute atomic E-state index is 5.54. The molecule has 1 aromatic rings. The van der Waals surface area contributed by atoms with Gasteiger partial charge in [-0.15, -0.1) is 11.8 Å². The van der Waals surface area contributed by atoms with Gasteiger partial charge in [-0.3, -0.25) is 4.99 Å². The summed E-state index contributed by atoms with van der Waals surface area (Å²) in [5.74, 6) is 0.869. The molecule has 1 unspecified atom stereocenters. The van der Waals surface area contributed by atoms with Crippen molar-refractivity contribution in [2.45, 2.75) is 35.4 Å². The number of nitrogens with one attached hydrogen (secondary N) is 2. The Balaban J connectivity index is 1.80. The highest BCUT2D eigenvalue weighted by atomic mass is 32.2. The van der Waals surface area contributed by atoms with Crippen molar-refractivity contribution in [3.05, 3.63) is 30.3 Å². The van der Waals surface area contributed by atoms with Gasteiger partial charge in [-0.25, -0.2) is 0 Å². The largest absolute Gasteiger partial charge is 0.381 e. The van der Waals surface area contributed by atoms with E-state index in [4.69, 9.17) is 4.74 Å². The van der Waals surface area contributed by atoms with Gasteiger partial charge in [0.1, 0.15) is 0 Å². The number of thioether (sulfide) groups is 1. The summed E-state index contributed by atoms with van der Waals surface area (Å²) in [6.45, 7) is 5.64. The van der Waals surface area contributed by atoms with Gasteiger partial charge in [-0.2, -0.15) is 0 Å². The number of hydrogen-bond donors (Lipinski definition) is 2. The predicted molar refractivity (Wildman–Crippen MR) is 108 cm³/mol. The van der Waals surface area contributed by atoms with E-state index in [0.29, 0.717) is 5.25 Å². The van der Waals surface area contributed by atoms with Crippen LogP contribution in [0, 0.1) is 0 Å². The van der Waals surface area contributed by atoms with Crippen LogP contribution in [-0.2, 0) is 4.74 Å². The molecule has 1 saturated heterocycles. The lowest BCUT2D eigenvalue weighted by Gasteiger charge is -2.43. The number of aliphatic imine (C=N–C) groups is 1. The van der Waals surface area contributed by atoms with Crippen molar-refractivity contribution in [3.8, 4) is 0 Å². The molecule has 6 heteroatoms. The van der Waals surface area contributed by atoms with Crippen LogP contribution >= 0.6 is 11.8 Å². The summed E-state index contributed by atoms with van der Waals surface area (Å²) >= 11 is 1.88. The Labute approximate surface area is 156 Å². The SMILES string of the molecule is CN=C(NCC(C)Sc1ccccc1)NCC1(N(C)C)CCOCC1. The van der Waals surface area contributed by atoms with Gasteiger partial charge in [0.25, 0.3) is 0 Å². The predicted octanol–water partition coefficient (Wildman–Crippen LogP) is 2.44. The number of likely N-dealkylation sites (N-methyl/N-ethyl adjacent to an activating group) is 1. The van der Waals surface area contributed by atoms with Gasteiger partial charge in [0, 0.05) is 49.0 Å². The Hall–Kier alpha value is -1.24. The minimum absolute atomic E-state index is 0.139. The van der Waals surface area contributed by atoms with Crippen LogP contribution in [0.5, 0.6) is 0 Å². The average Bonchev–Trinajstić information content (AvgIpc) is 2.63. The normalized spacial score (nSPS) is 18.8. The second-order valence-corrected chi connectivity index (χ2v) is 8.29. The number of guanidine groups is 1. The molecule has 1 aliphatic heterocycles. The molecular weight excluding hydrogens is 332 g/mol. The second kappa shape index (κ2) is 10.0. The molecule has 140 valence electrons. The molecule has 0 amide bonds. The van der Waals surface area contributed by atoms with Crippen LogP contribution in [0.1, 0.15) is 19.8 Å². The third-order valence-corrected chi connectivity index (χ3v) is 5.93. The lowest BCUT2D eigenvalue weighted by atomic mass is 9.88. The number of hydrogen-bond acceptors (Lipinski definition) is 4. The zero-order chi connectivity index (χ0) is 18.1. The van der Waals surface area contributed by atoms with E-state index in [9.17, 15) is 0 Å². The van der Waals surface area contributed by atoms with Gasteiger partial charge in [0.2, 0.25) is 0 Å². The van der Waals surface area contributed by atoms with E-state index < -0.39 is 0 Å². The average molecular weight is 365 g/mol. The van der Waals surface area contributed by atoms with Crippen molar-refractivity contribution in [2.75, 3.05) is 47.4 Å². The van der Waals surface area contributed by atoms with E-state index in [1.165, 1.54) is 4.90 Å². The molecular formula is C19H32N4OS. The molecule has 2 rings (SSSR count). The Morgan fingerprint density at radius 3 is 2.52 bits per heavy atom. The molecule has 0 aliphatic carbocycles. The van der Waals surface area contributed by atoms with E-state index in [1.807, 2.05) is 18.8 Å². The summed E-state index contributed by atoms with van der Waals surface area (Å²) in [5, 5.41) is 7.43. The van der Waals surface area contributed by atoms with Crippen molar-refractivity contribution in [3.63, 3.8) is 0 Å².